The van der Waals surface area contributed by atoms with Crippen molar-refractivity contribution in [2.45, 2.75) is 39.5 Å². The molecule has 0 radical (unpaired) electrons. The first-order valence-corrected chi connectivity index (χ1v) is 23.1. The standard InChI is InChI=1S/2C29H29O4.BFO2/c2*1-4-5-18-32-27-16-6-21(7-17-27)24-19-28(22-8-12-25(30-2)13-9-22)33-29(20-24)23-10-14-26(31-3)15-11-23;2-1(3)4/h2*6-17,19-20H,4-5,18H2,1-3H3;/q2*+1;-2. The molecule has 360 valence electrons. The van der Waals surface area contributed by atoms with E-state index >= 15 is 0 Å². The first-order valence-electron chi connectivity index (χ1n) is 23.1. The monoisotopic (exact) mass is 944 g/mol. The molecule has 8 aromatic rings. The minimum atomic E-state index is -3.17. The molecule has 0 saturated heterocycles. The highest BCUT2D eigenvalue weighted by atomic mass is 19.1. The van der Waals surface area contributed by atoms with E-state index in [1.165, 1.54) is 0 Å². The number of unbranched alkanes of at least 4 members (excludes halogenated alkanes) is 2. The van der Waals surface area contributed by atoms with Gasteiger partial charge in [-0.1, -0.05) is 51.0 Å². The summed E-state index contributed by atoms with van der Waals surface area (Å²) in [4.78, 5) is 0. The molecular weight excluding hydrogens is 886 g/mol. The Morgan fingerprint density at radius 3 is 0.786 bits per heavy atom. The van der Waals surface area contributed by atoms with Crippen LogP contribution in [0.1, 0.15) is 39.5 Å². The van der Waals surface area contributed by atoms with Crippen molar-refractivity contribution in [1.29, 1.82) is 0 Å². The van der Waals surface area contributed by atoms with E-state index in [1.807, 2.05) is 121 Å². The molecule has 6 aromatic carbocycles. The number of halogens is 1. The van der Waals surface area contributed by atoms with Crippen LogP contribution >= 0.6 is 0 Å². The van der Waals surface area contributed by atoms with Gasteiger partial charge in [0.15, 0.2) is 0 Å². The van der Waals surface area contributed by atoms with Crippen LogP contribution in [0.4, 0.5) is 4.32 Å². The van der Waals surface area contributed by atoms with Crippen LogP contribution in [0, 0.1) is 0 Å². The second kappa shape index (κ2) is 26.8. The molecule has 8 rings (SSSR count). The number of rotatable bonds is 18. The highest BCUT2D eigenvalue weighted by Crippen LogP contribution is 2.37. The van der Waals surface area contributed by atoms with Crippen LogP contribution in [0.5, 0.6) is 34.5 Å². The molecule has 2 heterocycles. The lowest BCUT2D eigenvalue weighted by molar-refractivity contribution is -0.366. The first kappa shape index (κ1) is 51.7. The van der Waals surface area contributed by atoms with Gasteiger partial charge in [0.1, 0.15) is 41.9 Å². The van der Waals surface area contributed by atoms with Crippen molar-refractivity contribution in [3.8, 4) is 102 Å². The summed E-state index contributed by atoms with van der Waals surface area (Å²) >= 11 is 0. The van der Waals surface area contributed by atoms with E-state index in [4.69, 9.17) is 47.3 Å². The number of hydrogen-bond acceptors (Lipinski definition) is 8. The van der Waals surface area contributed by atoms with Gasteiger partial charge < -0.3 is 42.8 Å². The quantitative estimate of drug-likeness (QED) is 0.0466. The van der Waals surface area contributed by atoms with Crippen LogP contribution < -0.4 is 38.5 Å². The van der Waals surface area contributed by atoms with Gasteiger partial charge in [-0.05, 0) is 145 Å². The van der Waals surface area contributed by atoms with Crippen molar-refractivity contribution < 1.29 is 51.6 Å². The minimum absolute atomic E-state index is 0.739. The Kier molecular flexibility index (Phi) is 19.8. The van der Waals surface area contributed by atoms with Crippen LogP contribution in [0.3, 0.4) is 0 Å². The Labute approximate surface area is 410 Å². The van der Waals surface area contributed by atoms with E-state index in [2.05, 4.69) is 62.4 Å². The van der Waals surface area contributed by atoms with Crippen LogP contribution in [0.2, 0.25) is 0 Å². The van der Waals surface area contributed by atoms with E-state index < -0.39 is 7.40 Å². The number of hydrogen-bond donors (Lipinski definition) is 0. The Bertz CT molecular complexity index is 2460. The molecular formula is C58H58BFO10. The molecule has 0 saturated carbocycles. The molecule has 0 spiro atoms. The van der Waals surface area contributed by atoms with Gasteiger partial charge in [-0.3, -0.25) is 0 Å². The van der Waals surface area contributed by atoms with Gasteiger partial charge in [0, 0.05) is 11.1 Å². The van der Waals surface area contributed by atoms with E-state index in [-0.39, 0.29) is 0 Å². The first-order chi connectivity index (χ1) is 34.1. The van der Waals surface area contributed by atoms with Crippen LogP contribution in [-0.4, -0.2) is 49.0 Å². The Morgan fingerprint density at radius 1 is 0.357 bits per heavy atom. The molecule has 0 N–H and O–H groups in total. The van der Waals surface area contributed by atoms with Gasteiger partial charge in [-0.25, -0.2) is 8.83 Å². The summed E-state index contributed by atoms with van der Waals surface area (Å²) in [5.74, 6) is 8.14. The van der Waals surface area contributed by atoms with Gasteiger partial charge in [-0.2, -0.15) is 0 Å². The van der Waals surface area contributed by atoms with Crippen molar-refractivity contribution in [2.24, 2.45) is 0 Å². The smallest absolute Gasteiger partial charge is 0.361 e. The SMILES string of the molecule is CCCCOc1ccc(-c2cc(-c3ccc(OC)cc3)[o+]c(-c3ccc(OC)cc3)c2)cc1.CCCCOc1ccc(-c2cc(-c3ccc(OC)cc3)[o+]c(-c3ccc(OC)cc3)c2)cc1.[O-]B([O-])F. The molecule has 70 heavy (non-hydrogen) atoms. The molecule has 12 heteroatoms. The Hall–Kier alpha value is -7.67. The fourth-order valence-corrected chi connectivity index (χ4v) is 7.08. The lowest BCUT2D eigenvalue weighted by Crippen LogP contribution is -2.39. The second-order valence-electron chi connectivity index (χ2n) is 15.8. The van der Waals surface area contributed by atoms with Crippen molar-refractivity contribution in [1.82, 2.24) is 0 Å². The third-order valence-corrected chi connectivity index (χ3v) is 11.0. The Morgan fingerprint density at radius 2 is 0.571 bits per heavy atom. The van der Waals surface area contributed by atoms with Gasteiger partial charge in [-0.15, -0.1) is 0 Å². The minimum Gasteiger partial charge on any atom is -0.867 e. The number of methoxy groups -OCH3 is 4. The van der Waals surface area contributed by atoms with E-state index in [0.29, 0.717) is 0 Å². The summed E-state index contributed by atoms with van der Waals surface area (Å²) in [6, 6.07) is 56.3. The average Bonchev–Trinajstić information content (AvgIpc) is 3.41. The summed E-state index contributed by atoms with van der Waals surface area (Å²) in [5.41, 5.74) is 8.24. The zero-order valence-corrected chi connectivity index (χ0v) is 40.4. The number of benzene rings is 6. The van der Waals surface area contributed by atoms with Crippen molar-refractivity contribution in [2.75, 3.05) is 41.7 Å². The molecule has 0 aliphatic heterocycles. The largest absolute Gasteiger partial charge is 0.867 e. The normalized spacial score (nSPS) is 10.4. The summed E-state index contributed by atoms with van der Waals surface area (Å²) in [6.07, 6.45) is 4.35. The zero-order valence-electron chi connectivity index (χ0n) is 40.4. The van der Waals surface area contributed by atoms with Gasteiger partial charge in [0.25, 0.3) is 0 Å². The van der Waals surface area contributed by atoms with E-state index in [0.717, 1.165) is 141 Å². The predicted octanol–water partition coefficient (Wildman–Crippen LogP) is 13.2. The molecule has 10 nitrogen and oxygen atoms in total. The fourth-order valence-electron chi connectivity index (χ4n) is 7.08. The van der Waals surface area contributed by atoms with Crippen molar-refractivity contribution >= 4 is 7.40 Å². The summed E-state index contributed by atoms with van der Waals surface area (Å²) in [5, 5.41) is 16.6. The number of ether oxygens (including phenoxy) is 6. The topological polar surface area (TPSA) is 124 Å². The van der Waals surface area contributed by atoms with Gasteiger partial charge in [0.05, 0.1) is 88.2 Å². The zero-order chi connectivity index (χ0) is 49.7. The van der Waals surface area contributed by atoms with E-state index in [1.54, 1.807) is 28.4 Å². The van der Waals surface area contributed by atoms with Gasteiger partial charge in [0.2, 0.25) is 0 Å². The Balaban J connectivity index is 0.000000213. The molecule has 2 aromatic heterocycles. The summed E-state index contributed by atoms with van der Waals surface area (Å²) in [6.45, 7) is 5.80. The summed E-state index contributed by atoms with van der Waals surface area (Å²) < 4.78 is 55.4. The molecule has 0 aliphatic rings. The molecule has 0 bridgehead atoms. The average molecular weight is 945 g/mol. The molecule has 0 unspecified atom stereocenters. The molecule has 0 atom stereocenters. The molecule has 0 aliphatic carbocycles. The third kappa shape index (κ3) is 15.2. The lowest BCUT2D eigenvalue weighted by atomic mass is 10.0. The highest BCUT2D eigenvalue weighted by Gasteiger charge is 2.23. The highest BCUT2D eigenvalue weighted by molar-refractivity contribution is 6.27. The fraction of sp³-hybridized carbons (Fsp3) is 0.207. The van der Waals surface area contributed by atoms with Crippen LogP contribution in [0.25, 0.3) is 67.5 Å². The molecule has 0 amide bonds. The second-order valence-corrected chi connectivity index (χ2v) is 15.8. The van der Waals surface area contributed by atoms with Crippen molar-refractivity contribution in [3.63, 3.8) is 0 Å². The van der Waals surface area contributed by atoms with Crippen LogP contribution in [0.15, 0.2) is 179 Å². The maximum absolute atomic E-state index is 9.89. The maximum Gasteiger partial charge on any atom is 0.361 e. The molecule has 0 fully saturated rings. The van der Waals surface area contributed by atoms with Crippen molar-refractivity contribution in [3.05, 3.63) is 170 Å². The summed E-state index contributed by atoms with van der Waals surface area (Å²) in [7, 11) is 3.49. The van der Waals surface area contributed by atoms with Crippen LogP contribution in [-0.2, 0) is 0 Å². The van der Waals surface area contributed by atoms with E-state index in [9.17, 15) is 4.32 Å². The third-order valence-electron chi connectivity index (χ3n) is 11.0. The van der Waals surface area contributed by atoms with Gasteiger partial charge >= 0.3 is 23.0 Å². The maximum atomic E-state index is 9.89. The lowest BCUT2D eigenvalue weighted by Gasteiger charge is -2.09. The predicted molar refractivity (Wildman–Crippen MR) is 273 cm³/mol.